The van der Waals surface area contributed by atoms with Crippen molar-refractivity contribution in [3.8, 4) is 0 Å². The molecule has 6 rings (SSSR count). The van der Waals surface area contributed by atoms with Crippen LogP contribution in [0.5, 0.6) is 0 Å². The van der Waals surface area contributed by atoms with Gasteiger partial charge in [0.15, 0.2) is 0 Å². The van der Waals surface area contributed by atoms with Gasteiger partial charge < -0.3 is 20.4 Å². The number of anilines is 7. The molecule has 6 heteroatoms. The predicted octanol–water partition coefficient (Wildman–Crippen LogP) is 11.3. The third-order valence-electron chi connectivity index (χ3n) is 8.58. The van der Waals surface area contributed by atoms with Crippen molar-refractivity contribution in [2.45, 2.75) is 46.1 Å². The Balaban J connectivity index is 1.27. The highest BCUT2D eigenvalue weighted by atomic mass is 16.2. The number of benzene rings is 6. The van der Waals surface area contributed by atoms with Crippen LogP contribution in [-0.2, 0) is 5.41 Å². The smallest absolute Gasteiger partial charge is 0.255 e. The molecule has 0 unspecified atom stereocenters. The van der Waals surface area contributed by atoms with Crippen LogP contribution >= 0.6 is 0 Å². The number of rotatable bonds is 10. The number of carbonyl (C=O) groups is 2. The molecule has 51 heavy (non-hydrogen) atoms. The van der Waals surface area contributed by atoms with Gasteiger partial charge in [-0.15, -0.1) is 0 Å². The first kappa shape index (κ1) is 34.7. The van der Waals surface area contributed by atoms with Crippen LogP contribution in [0.25, 0.3) is 0 Å². The lowest BCUT2D eigenvalue weighted by molar-refractivity contribution is 0.0943. The summed E-state index contributed by atoms with van der Waals surface area (Å²) >= 11 is 0. The highest BCUT2D eigenvalue weighted by molar-refractivity contribution is 6.06. The van der Waals surface area contributed by atoms with Crippen molar-refractivity contribution in [1.82, 2.24) is 5.32 Å². The fourth-order valence-electron chi connectivity index (χ4n) is 5.95. The summed E-state index contributed by atoms with van der Waals surface area (Å²) in [4.78, 5) is 30.1. The zero-order chi connectivity index (χ0) is 36.0. The third kappa shape index (κ3) is 8.36. The Morgan fingerprint density at radius 3 is 1.31 bits per heavy atom. The van der Waals surface area contributed by atoms with E-state index < -0.39 is 0 Å². The number of carbonyl (C=O) groups excluding carboxylic acids is 2. The summed E-state index contributed by atoms with van der Waals surface area (Å²) < 4.78 is 0. The van der Waals surface area contributed by atoms with E-state index in [1.807, 2.05) is 62.4 Å². The van der Waals surface area contributed by atoms with Crippen molar-refractivity contribution in [2.75, 3.05) is 15.1 Å². The van der Waals surface area contributed by atoms with Gasteiger partial charge in [0.1, 0.15) is 0 Å². The minimum absolute atomic E-state index is 0.00215. The Labute approximate surface area is 301 Å². The zero-order valence-electron chi connectivity index (χ0n) is 29.8. The highest BCUT2D eigenvalue weighted by Crippen LogP contribution is 2.39. The summed E-state index contributed by atoms with van der Waals surface area (Å²) in [5.74, 6) is -0.492. The van der Waals surface area contributed by atoms with Gasteiger partial charge in [-0.2, -0.15) is 0 Å². The van der Waals surface area contributed by atoms with Gasteiger partial charge in [-0.05, 0) is 128 Å². The summed E-state index contributed by atoms with van der Waals surface area (Å²) in [5.41, 5.74) is 9.03. The molecule has 2 N–H and O–H groups in total. The average molecular weight is 673 g/mol. The normalized spacial score (nSPS) is 11.2. The van der Waals surface area contributed by atoms with Gasteiger partial charge in [0.05, 0.1) is 0 Å². The predicted molar refractivity (Wildman–Crippen MR) is 212 cm³/mol. The van der Waals surface area contributed by atoms with E-state index in [1.165, 1.54) is 5.56 Å². The van der Waals surface area contributed by atoms with E-state index >= 15 is 0 Å². The quantitative estimate of drug-likeness (QED) is 0.152. The molecule has 2 amide bonds. The van der Waals surface area contributed by atoms with Crippen molar-refractivity contribution in [3.05, 3.63) is 174 Å². The molecule has 0 atom stereocenters. The van der Waals surface area contributed by atoms with Crippen LogP contribution in [0.2, 0.25) is 0 Å². The van der Waals surface area contributed by atoms with Crippen LogP contribution in [-0.4, -0.2) is 17.9 Å². The second-order valence-corrected chi connectivity index (χ2v) is 13.9. The van der Waals surface area contributed by atoms with Crippen LogP contribution in [0.15, 0.2) is 158 Å². The number of amides is 2. The summed E-state index contributed by atoms with van der Waals surface area (Å²) in [5, 5.41) is 5.85. The van der Waals surface area contributed by atoms with Gasteiger partial charge in [0, 0.05) is 57.0 Å². The van der Waals surface area contributed by atoms with E-state index in [-0.39, 0.29) is 23.3 Å². The maximum Gasteiger partial charge on any atom is 0.255 e. The first-order valence-corrected chi connectivity index (χ1v) is 17.3. The number of hydrogen-bond acceptors (Lipinski definition) is 4. The fourth-order valence-corrected chi connectivity index (χ4v) is 5.95. The van der Waals surface area contributed by atoms with E-state index in [4.69, 9.17) is 0 Å². The lowest BCUT2D eigenvalue weighted by atomic mass is 9.87. The Hall–Kier alpha value is -6.14. The topological polar surface area (TPSA) is 64.7 Å². The maximum atomic E-state index is 13.2. The second-order valence-electron chi connectivity index (χ2n) is 13.9. The van der Waals surface area contributed by atoms with E-state index in [1.54, 1.807) is 24.3 Å². The van der Waals surface area contributed by atoms with Gasteiger partial charge in [-0.1, -0.05) is 75.4 Å². The maximum absolute atomic E-state index is 13.2. The molecule has 0 radical (unpaired) electrons. The molecule has 0 aromatic heterocycles. The van der Waals surface area contributed by atoms with Crippen molar-refractivity contribution in [3.63, 3.8) is 0 Å². The van der Waals surface area contributed by atoms with Crippen molar-refractivity contribution in [2.24, 2.45) is 0 Å². The van der Waals surface area contributed by atoms with Crippen LogP contribution in [0.3, 0.4) is 0 Å². The van der Waals surface area contributed by atoms with Gasteiger partial charge >= 0.3 is 0 Å². The molecular formula is C45H44N4O2. The molecule has 0 fully saturated rings. The second kappa shape index (κ2) is 15.2. The fraction of sp³-hybridized carbons (Fsp3) is 0.156. The summed E-state index contributed by atoms with van der Waals surface area (Å²) in [6.07, 6.45) is 0. The zero-order valence-corrected chi connectivity index (χ0v) is 29.8. The number of hydrogen-bond donors (Lipinski definition) is 2. The van der Waals surface area contributed by atoms with Crippen LogP contribution in [0.1, 0.15) is 60.9 Å². The summed E-state index contributed by atoms with van der Waals surface area (Å²) in [6, 6.07) is 52.6. The van der Waals surface area contributed by atoms with Gasteiger partial charge in [-0.25, -0.2) is 0 Å². The van der Waals surface area contributed by atoms with Crippen molar-refractivity contribution >= 4 is 51.6 Å². The average Bonchev–Trinajstić information content (AvgIpc) is 3.14. The lowest BCUT2D eigenvalue weighted by Gasteiger charge is -2.29. The molecule has 0 aliphatic carbocycles. The molecule has 0 spiro atoms. The van der Waals surface area contributed by atoms with E-state index in [2.05, 4.69) is 126 Å². The third-order valence-corrected chi connectivity index (χ3v) is 8.58. The van der Waals surface area contributed by atoms with E-state index in [0.717, 1.165) is 34.1 Å². The molecule has 0 aliphatic heterocycles. The first-order valence-electron chi connectivity index (χ1n) is 17.3. The summed E-state index contributed by atoms with van der Waals surface area (Å²) in [6.45, 7) is 10.5. The van der Waals surface area contributed by atoms with Crippen LogP contribution < -0.4 is 20.4 Å². The minimum Gasteiger partial charge on any atom is -0.350 e. The first-order chi connectivity index (χ1) is 24.6. The molecule has 6 aromatic rings. The number of nitrogens with one attached hydrogen (secondary N) is 2. The SMILES string of the molecule is CC(C)NC(=O)c1cccc(C(=O)Nc2ccc(N(c3ccccc3)c3ccc(N(c4ccccc4)c4ccc(C(C)(C)C)cc4)cc3)cc2)c1. The molecule has 0 aliphatic rings. The molecule has 256 valence electrons. The molecular weight excluding hydrogens is 629 g/mol. The minimum atomic E-state index is -0.284. The monoisotopic (exact) mass is 672 g/mol. The molecule has 6 nitrogen and oxygen atoms in total. The van der Waals surface area contributed by atoms with Gasteiger partial charge in [0.2, 0.25) is 0 Å². The lowest BCUT2D eigenvalue weighted by Crippen LogP contribution is -2.30. The summed E-state index contributed by atoms with van der Waals surface area (Å²) in [7, 11) is 0. The van der Waals surface area contributed by atoms with E-state index in [9.17, 15) is 9.59 Å². The van der Waals surface area contributed by atoms with Crippen LogP contribution in [0.4, 0.5) is 39.8 Å². The number of nitrogens with zero attached hydrogens (tertiary/aromatic N) is 2. The highest BCUT2D eigenvalue weighted by Gasteiger charge is 2.18. The van der Waals surface area contributed by atoms with Crippen molar-refractivity contribution in [1.29, 1.82) is 0 Å². The molecule has 6 aromatic carbocycles. The molecule has 0 saturated heterocycles. The Bertz CT molecular complexity index is 2070. The Morgan fingerprint density at radius 2 is 0.882 bits per heavy atom. The molecule has 0 heterocycles. The van der Waals surface area contributed by atoms with Crippen LogP contribution in [0, 0.1) is 0 Å². The van der Waals surface area contributed by atoms with Gasteiger partial charge in [0.25, 0.3) is 11.8 Å². The van der Waals surface area contributed by atoms with E-state index in [0.29, 0.717) is 16.8 Å². The standard InChI is InChI=1S/C45H44N4O2/c1-32(2)46-43(50)33-13-12-14-34(31-33)44(51)47-36-21-25-40(26-22-36)49(38-17-10-7-11-18-38)42-29-27-41(28-30-42)48(37-15-8-6-9-16-37)39-23-19-35(20-24-39)45(3,4)5/h6-32H,1-5H3,(H,46,50)(H,47,51). The number of para-hydroxylation sites is 2. The largest absolute Gasteiger partial charge is 0.350 e. The molecule has 0 bridgehead atoms. The van der Waals surface area contributed by atoms with Crippen molar-refractivity contribution < 1.29 is 9.59 Å². The molecule has 0 saturated carbocycles. The Morgan fingerprint density at radius 1 is 0.490 bits per heavy atom. The Kier molecular flexibility index (Phi) is 10.3. The van der Waals surface area contributed by atoms with Gasteiger partial charge in [-0.3, -0.25) is 9.59 Å².